The first-order valence-corrected chi connectivity index (χ1v) is 5.98. The zero-order valence-corrected chi connectivity index (χ0v) is 11.0. The Morgan fingerprint density at radius 3 is 2.39 bits per heavy atom. The number of allylic oxidation sites excluding steroid dienone is 1. The molecule has 0 radical (unpaired) electrons. The largest absolute Gasteiger partial charge is 0.457 e. The second kappa shape index (κ2) is 5.80. The third-order valence-corrected chi connectivity index (χ3v) is 2.36. The summed E-state index contributed by atoms with van der Waals surface area (Å²) in [6, 6.07) is 0. The van der Waals surface area contributed by atoms with Crippen molar-refractivity contribution in [3.63, 3.8) is 0 Å². The highest BCUT2D eigenvalue weighted by Gasteiger charge is 2.23. The fourth-order valence-electron chi connectivity index (χ4n) is 1.71. The van der Waals surface area contributed by atoms with Gasteiger partial charge in [0.15, 0.2) is 0 Å². The van der Waals surface area contributed by atoms with E-state index in [0.717, 1.165) is 0 Å². The molecule has 2 amide bonds. The maximum Gasteiger partial charge on any atom is 0.330 e. The number of esters is 1. The van der Waals surface area contributed by atoms with Crippen molar-refractivity contribution in [1.29, 1.82) is 0 Å². The van der Waals surface area contributed by atoms with E-state index in [1.165, 1.54) is 6.08 Å². The van der Waals surface area contributed by atoms with Gasteiger partial charge in [0, 0.05) is 18.9 Å². The van der Waals surface area contributed by atoms with Crippen molar-refractivity contribution in [2.75, 3.05) is 0 Å². The number of hydrogen-bond donors (Lipinski definition) is 1. The zero-order chi connectivity index (χ0) is 13.8. The molecule has 1 rings (SSSR count). The molecule has 1 heterocycles. The van der Waals surface area contributed by atoms with Crippen LogP contribution in [-0.2, 0) is 19.1 Å². The summed E-state index contributed by atoms with van der Waals surface area (Å²) in [5.74, 6) is -0.928. The maximum atomic E-state index is 11.4. The lowest BCUT2D eigenvalue weighted by atomic mass is 9.93. The van der Waals surface area contributed by atoms with Gasteiger partial charge >= 0.3 is 5.97 Å². The van der Waals surface area contributed by atoms with Gasteiger partial charge in [-0.15, -0.1) is 0 Å². The molecule has 1 N–H and O–H groups in total. The van der Waals surface area contributed by atoms with Gasteiger partial charge in [-0.25, -0.2) is 4.79 Å². The minimum absolute atomic E-state index is 0.0232. The van der Waals surface area contributed by atoms with Gasteiger partial charge < -0.3 is 4.74 Å². The molecule has 0 unspecified atom stereocenters. The Kier molecular flexibility index (Phi) is 4.64. The second-order valence-corrected chi connectivity index (χ2v) is 5.42. The number of rotatable bonds is 3. The van der Waals surface area contributed by atoms with Crippen LogP contribution < -0.4 is 5.32 Å². The Labute approximate surface area is 107 Å². The first-order valence-electron chi connectivity index (χ1n) is 5.98. The molecule has 0 atom stereocenters. The number of hydrogen-bond acceptors (Lipinski definition) is 4. The normalized spacial score (nSPS) is 17.9. The number of piperidine rings is 1. The quantitative estimate of drug-likeness (QED) is 0.468. The molecule has 5 nitrogen and oxygen atoms in total. The van der Waals surface area contributed by atoms with E-state index < -0.39 is 11.6 Å². The highest BCUT2D eigenvalue weighted by atomic mass is 16.6. The highest BCUT2D eigenvalue weighted by molar-refractivity contribution is 5.97. The topological polar surface area (TPSA) is 72.5 Å². The van der Waals surface area contributed by atoms with Gasteiger partial charge in [0.1, 0.15) is 5.60 Å². The predicted molar refractivity (Wildman–Crippen MR) is 65.5 cm³/mol. The first kappa shape index (κ1) is 14.4. The van der Waals surface area contributed by atoms with Crippen molar-refractivity contribution in [3.8, 4) is 0 Å². The second-order valence-electron chi connectivity index (χ2n) is 5.42. The fourth-order valence-corrected chi connectivity index (χ4v) is 1.71. The van der Waals surface area contributed by atoms with E-state index >= 15 is 0 Å². The third kappa shape index (κ3) is 5.61. The SMILES string of the molecule is CC(C)(C)OC(=O)/C=C/CC1CC(=O)NC(=O)C1. The van der Waals surface area contributed by atoms with Crippen LogP contribution in [0, 0.1) is 5.92 Å². The van der Waals surface area contributed by atoms with Crippen LogP contribution in [0.4, 0.5) is 0 Å². The average Bonchev–Trinajstić information content (AvgIpc) is 2.12. The van der Waals surface area contributed by atoms with Crippen LogP contribution in [0.1, 0.15) is 40.0 Å². The van der Waals surface area contributed by atoms with E-state index in [2.05, 4.69) is 5.32 Å². The maximum absolute atomic E-state index is 11.4. The summed E-state index contributed by atoms with van der Waals surface area (Å²) in [7, 11) is 0. The molecular formula is C13H19NO4. The molecular weight excluding hydrogens is 234 g/mol. The van der Waals surface area contributed by atoms with Crippen molar-refractivity contribution in [1.82, 2.24) is 5.32 Å². The minimum atomic E-state index is -0.512. The monoisotopic (exact) mass is 253 g/mol. The van der Waals surface area contributed by atoms with Crippen molar-refractivity contribution in [3.05, 3.63) is 12.2 Å². The lowest BCUT2D eigenvalue weighted by Gasteiger charge is -2.19. The van der Waals surface area contributed by atoms with E-state index in [1.807, 2.05) is 0 Å². The van der Waals surface area contributed by atoms with Crippen molar-refractivity contribution >= 4 is 17.8 Å². The lowest BCUT2D eigenvalue weighted by molar-refractivity contribution is -0.148. The molecule has 1 aliphatic rings. The van der Waals surface area contributed by atoms with Gasteiger partial charge in [0.05, 0.1) is 0 Å². The van der Waals surface area contributed by atoms with E-state index in [4.69, 9.17) is 4.74 Å². The number of carbonyl (C=O) groups excluding carboxylic acids is 3. The van der Waals surface area contributed by atoms with Gasteiger partial charge in [0.2, 0.25) is 11.8 Å². The van der Waals surface area contributed by atoms with Crippen LogP contribution in [0.5, 0.6) is 0 Å². The van der Waals surface area contributed by atoms with Crippen LogP contribution in [0.2, 0.25) is 0 Å². The zero-order valence-electron chi connectivity index (χ0n) is 11.0. The minimum Gasteiger partial charge on any atom is -0.457 e. The number of carbonyl (C=O) groups is 3. The summed E-state index contributed by atoms with van der Waals surface area (Å²) < 4.78 is 5.10. The summed E-state index contributed by atoms with van der Waals surface area (Å²) in [6.45, 7) is 5.38. The van der Waals surface area contributed by atoms with E-state index in [0.29, 0.717) is 19.3 Å². The van der Waals surface area contributed by atoms with Crippen LogP contribution >= 0.6 is 0 Å². The Balaban J connectivity index is 2.38. The molecule has 0 aliphatic carbocycles. The van der Waals surface area contributed by atoms with E-state index in [1.54, 1.807) is 26.8 Å². The Hall–Kier alpha value is -1.65. The van der Waals surface area contributed by atoms with Crippen LogP contribution in [0.25, 0.3) is 0 Å². The van der Waals surface area contributed by atoms with Gasteiger partial charge in [0.25, 0.3) is 0 Å². The Bertz CT molecular complexity index is 363. The third-order valence-electron chi connectivity index (χ3n) is 2.36. The molecule has 0 aromatic rings. The highest BCUT2D eigenvalue weighted by Crippen LogP contribution is 2.18. The lowest BCUT2D eigenvalue weighted by Crippen LogP contribution is -2.38. The molecule has 18 heavy (non-hydrogen) atoms. The number of ether oxygens (including phenoxy) is 1. The van der Waals surface area contributed by atoms with Crippen molar-refractivity contribution in [2.24, 2.45) is 5.92 Å². The molecule has 1 fully saturated rings. The molecule has 0 aromatic heterocycles. The summed E-state index contributed by atoms with van der Waals surface area (Å²) in [5, 5.41) is 2.25. The van der Waals surface area contributed by atoms with Gasteiger partial charge in [-0.2, -0.15) is 0 Å². The predicted octanol–water partition coefficient (Wildman–Crippen LogP) is 1.33. The standard InChI is InChI=1S/C13H19NO4/c1-13(2,3)18-12(17)6-4-5-9-7-10(15)14-11(16)8-9/h4,6,9H,5,7-8H2,1-3H3,(H,14,15,16)/b6-4+. The molecule has 0 spiro atoms. The molecule has 0 bridgehead atoms. The molecule has 1 aliphatic heterocycles. The summed E-state index contributed by atoms with van der Waals surface area (Å²) in [6.07, 6.45) is 4.18. The van der Waals surface area contributed by atoms with Crippen LogP contribution in [-0.4, -0.2) is 23.4 Å². The number of amides is 2. The molecule has 5 heteroatoms. The van der Waals surface area contributed by atoms with Crippen LogP contribution in [0.3, 0.4) is 0 Å². The Morgan fingerprint density at radius 1 is 1.33 bits per heavy atom. The molecule has 0 aromatic carbocycles. The Morgan fingerprint density at radius 2 is 1.89 bits per heavy atom. The van der Waals surface area contributed by atoms with Gasteiger partial charge in [-0.3, -0.25) is 14.9 Å². The molecule has 1 saturated heterocycles. The number of imide groups is 1. The fraction of sp³-hybridized carbons (Fsp3) is 0.615. The first-order chi connectivity index (χ1) is 8.26. The molecule has 0 saturated carbocycles. The van der Waals surface area contributed by atoms with Crippen LogP contribution in [0.15, 0.2) is 12.2 Å². The van der Waals surface area contributed by atoms with E-state index in [-0.39, 0.29) is 17.7 Å². The average molecular weight is 253 g/mol. The van der Waals surface area contributed by atoms with E-state index in [9.17, 15) is 14.4 Å². The van der Waals surface area contributed by atoms with Gasteiger partial charge in [-0.05, 0) is 33.1 Å². The van der Waals surface area contributed by atoms with Gasteiger partial charge in [-0.1, -0.05) is 6.08 Å². The smallest absolute Gasteiger partial charge is 0.330 e. The summed E-state index contributed by atoms with van der Waals surface area (Å²) >= 11 is 0. The number of nitrogens with one attached hydrogen (secondary N) is 1. The molecule has 100 valence electrons. The van der Waals surface area contributed by atoms with Crippen molar-refractivity contribution in [2.45, 2.75) is 45.6 Å². The summed E-state index contributed by atoms with van der Waals surface area (Å²) in [4.78, 5) is 33.6. The summed E-state index contributed by atoms with van der Waals surface area (Å²) in [5.41, 5.74) is -0.512. The van der Waals surface area contributed by atoms with Crippen molar-refractivity contribution < 1.29 is 19.1 Å².